The highest BCUT2D eigenvalue weighted by Gasteiger charge is 2.71. The van der Waals surface area contributed by atoms with E-state index in [2.05, 4.69) is 0 Å². The number of anilines is 1. The van der Waals surface area contributed by atoms with E-state index in [1.165, 1.54) is 0 Å². The van der Waals surface area contributed by atoms with Crippen LogP contribution in [0.2, 0.25) is 0 Å². The normalized spacial score (nSPS) is 36.3. The molecule has 0 radical (unpaired) electrons. The van der Waals surface area contributed by atoms with E-state index in [-0.39, 0.29) is 17.4 Å². The van der Waals surface area contributed by atoms with Crippen molar-refractivity contribution in [3.8, 4) is 6.07 Å². The van der Waals surface area contributed by atoms with Crippen LogP contribution >= 0.6 is 0 Å². The van der Waals surface area contributed by atoms with Crippen molar-refractivity contribution in [3.05, 3.63) is 42.0 Å². The minimum Gasteiger partial charge on any atom is -0.357 e. The predicted molar refractivity (Wildman–Crippen MR) is 83.1 cm³/mol. The number of hydrogen-bond acceptors (Lipinski definition) is 6. The lowest BCUT2D eigenvalue weighted by Crippen LogP contribution is -2.49. The quantitative estimate of drug-likeness (QED) is 0.584. The van der Waals surface area contributed by atoms with Crippen LogP contribution in [-0.4, -0.2) is 43.0 Å². The first-order chi connectivity index (χ1) is 12.2. The van der Waals surface area contributed by atoms with Crippen molar-refractivity contribution in [2.75, 3.05) is 18.1 Å². The van der Waals surface area contributed by atoms with Gasteiger partial charge in [0.2, 0.25) is 11.8 Å². The topological polar surface area (TPSA) is 88.9 Å². The molecule has 7 nitrogen and oxygen atoms in total. The minimum atomic E-state index is -1.07. The Morgan fingerprint density at radius 1 is 1.16 bits per heavy atom. The molecule has 0 spiro atoms. The second-order valence-electron chi connectivity index (χ2n) is 6.51. The number of benzene rings is 1. The van der Waals surface area contributed by atoms with Gasteiger partial charge < -0.3 is 14.2 Å². The van der Waals surface area contributed by atoms with Gasteiger partial charge >= 0.3 is 0 Å². The number of carbonyl (C=O) groups is 2. The van der Waals surface area contributed by atoms with Gasteiger partial charge in [-0.15, -0.1) is 0 Å². The van der Waals surface area contributed by atoms with Crippen molar-refractivity contribution >= 4 is 17.5 Å². The van der Waals surface area contributed by atoms with Crippen molar-refractivity contribution in [1.29, 1.82) is 5.26 Å². The van der Waals surface area contributed by atoms with E-state index in [1.54, 1.807) is 36.4 Å². The lowest BCUT2D eigenvalue weighted by Gasteiger charge is -2.32. The molecule has 1 aromatic rings. The van der Waals surface area contributed by atoms with Crippen molar-refractivity contribution in [2.45, 2.75) is 18.0 Å². The molecule has 0 N–H and O–H groups in total. The molecule has 0 saturated carbocycles. The summed E-state index contributed by atoms with van der Waals surface area (Å²) >= 11 is 0. The molecular formula is C18H14N2O5. The zero-order chi connectivity index (χ0) is 17.2. The van der Waals surface area contributed by atoms with Gasteiger partial charge in [-0.2, -0.15) is 5.26 Å². The average Bonchev–Trinajstić information content (AvgIpc) is 3.38. The van der Waals surface area contributed by atoms with E-state index in [9.17, 15) is 14.9 Å². The number of nitrogens with zero attached hydrogens (tertiary/aromatic N) is 2. The number of fused-ring (bicyclic) bond motifs is 5. The maximum atomic E-state index is 13.2. The summed E-state index contributed by atoms with van der Waals surface area (Å²) in [6.45, 7) is 0.851. The molecule has 25 heavy (non-hydrogen) atoms. The monoisotopic (exact) mass is 338 g/mol. The number of ether oxygens (including phenoxy) is 3. The molecule has 4 heterocycles. The number of imide groups is 1. The van der Waals surface area contributed by atoms with Gasteiger partial charge in [0, 0.05) is 0 Å². The molecule has 126 valence electrons. The highest BCUT2D eigenvalue weighted by molar-refractivity contribution is 6.23. The van der Waals surface area contributed by atoms with Crippen LogP contribution in [0, 0.1) is 23.2 Å². The summed E-state index contributed by atoms with van der Waals surface area (Å²) in [5.74, 6) is -2.03. The zero-order valence-corrected chi connectivity index (χ0v) is 13.1. The maximum absolute atomic E-state index is 13.2. The van der Waals surface area contributed by atoms with Gasteiger partial charge in [-0.3, -0.25) is 9.59 Å². The SMILES string of the molecule is N#Cc1ccccc1N1C(=O)[C@@H]2[C@H]3C=C[C@@](C4OCCO4)(O3)[C@H]2C1=O. The van der Waals surface area contributed by atoms with Crippen LogP contribution in [0.1, 0.15) is 5.56 Å². The summed E-state index contributed by atoms with van der Waals surface area (Å²) in [5.41, 5.74) is -0.473. The molecule has 3 saturated heterocycles. The van der Waals surface area contributed by atoms with Gasteiger partial charge in [-0.05, 0) is 18.2 Å². The largest absolute Gasteiger partial charge is 0.357 e. The summed E-state index contributed by atoms with van der Waals surface area (Å²) < 4.78 is 17.2. The minimum absolute atomic E-state index is 0.285. The van der Waals surface area contributed by atoms with Gasteiger partial charge in [-0.25, -0.2) is 4.90 Å². The summed E-state index contributed by atoms with van der Waals surface area (Å²) in [4.78, 5) is 27.3. The number of carbonyl (C=O) groups excluding carboxylic acids is 2. The second-order valence-corrected chi connectivity index (χ2v) is 6.51. The summed E-state index contributed by atoms with van der Waals surface area (Å²) in [7, 11) is 0. The third kappa shape index (κ3) is 1.74. The molecule has 5 rings (SSSR count). The lowest BCUT2D eigenvalue weighted by atomic mass is 9.76. The third-order valence-corrected chi connectivity index (χ3v) is 5.33. The number of rotatable bonds is 2. The van der Waals surface area contributed by atoms with Crippen molar-refractivity contribution < 1.29 is 23.8 Å². The molecule has 2 amide bonds. The highest BCUT2D eigenvalue weighted by atomic mass is 16.7. The van der Waals surface area contributed by atoms with E-state index in [0.717, 1.165) is 4.90 Å². The fourth-order valence-corrected chi connectivity index (χ4v) is 4.33. The Kier molecular flexibility index (Phi) is 2.95. The Morgan fingerprint density at radius 3 is 2.68 bits per heavy atom. The first-order valence-corrected chi connectivity index (χ1v) is 8.15. The third-order valence-electron chi connectivity index (χ3n) is 5.33. The zero-order valence-electron chi connectivity index (χ0n) is 13.1. The van der Waals surface area contributed by atoms with Crippen LogP contribution in [0.15, 0.2) is 36.4 Å². The lowest BCUT2D eigenvalue weighted by molar-refractivity contribution is -0.180. The fraction of sp³-hybridized carbons (Fsp3) is 0.389. The van der Waals surface area contributed by atoms with Crippen LogP contribution < -0.4 is 4.90 Å². The summed E-state index contributed by atoms with van der Waals surface area (Å²) in [6.07, 6.45) is 2.41. The van der Waals surface area contributed by atoms with Crippen LogP contribution in [0.5, 0.6) is 0 Å². The first-order valence-electron chi connectivity index (χ1n) is 8.15. The second kappa shape index (κ2) is 4.99. The van der Waals surface area contributed by atoms with E-state index in [1.807, 2.05) is 6.07 Å². The molecule has 0 unspecified atom stereocenters. The molecule has 0 aromatic heterocycles. The van der Waals surface area contributed by atoms with Crippen molar-refractivity contribution in [3.63, 3.8) is 0 Å². The van der Waals surface area contributed by atoms with Crippen LogP contribution in [-0.2, 0) is 23.8 Å². The van der Waals surface area contributed by atoms with E-state index >= 15 is 0 Å². The van der Waals surface area contributed by atoms with Crippen molar-refractivity contribution in [2.24, 2.45) is 11.8 Å². The van der Waals surface area contributed by atoms with Gasteiger partial charge in [0.05, 0.1) is 42.4 Å². The highest BCUT2D eigenvalue weighted by Crippen LogP contribution is 2.55. The fourth-order valence-electron chi connectivity index (χ4n) is 4.33. The number of para-hydroxylation sites is 1. The standard InChI is InChI=1S/C18H14N2O5/c19-9-10-3-1-2-4-11(10)20-15(21)13-12-5-6-18(25-12,14(13)16(20)22)17-23-7-8-24-17/h1-6,12-14,17H,7-8H2/t12-,13-,14-,18-/m1/s1. The Bertz CT molecular complexity index is 853. The molecular weight excluding hydrogens is 324 g/mol. The van der Waals surface area contributed by atoms with Crippen LogP contribution in [0.3, 0.4) is 0 Å². The first kappa shape index (κ1) is 14.8. The number of nitriles is 1. The van der Waals surface area contributed by atoms with Gasteiger partial charge in [0.25, 0.3) is 0 Å². The molecule has 2 bridgehead atoms. The smallest absolute Gasteiger partial charge is 0.241 e. The van der Waals surface area contributed by atoms with E-state index in [4.69, 9.17) is 14.2 Å². The number of amides is 2. The maximum Gasteiger partial charge on any atom is 0.241 e. The van der Waals surface area contributed by atoms with Gasteiger partial charge in [0.1, 0.15) is 6.07 Å². The molecule has 7 heteroatoms. The van der Waals surface area contributed by atoms with E-state index < -0.39 is 29.8 Å². The Balaban J connectivity index is 1.59. The van der Waals surface area contributed by atoms with Gasteiger partial charge in [-0.1, -0.05) is 18.2 Å². The molecule has 4 aliphatic heterocycles. The van der Waals surface area contributed by atoms with Crippen LogP contribution in [0.4, 0.5) is 5.69 Å². The predicted octanol–water partition coefficient (Wildman–Crippen LogP) is 0.744. The molecule has 4 atom stereocenters. The Morgan fingerprint density at radius 2 is 1.92 bits per heavy atom. The molecule has 4 aliphatic rings. The average molecular weight is 338 g/mol. The van der Waals surface area contributed by atoms with E-state index in [0.29, 0.717) is 18.9 Å². The molecule has 0 aliphatic carbocycles. The Labute approximate surface area is 143 Å². The summed E-state index contributed by atoms with van der Waals surface area (Å²) in [6, 6.07) is 8.64. The molecule has 1 aromatic carbocycles. The van der Waals surface area contributed by atoms with Crippen molar-refractivity contribution in [1.82, 2.24) is 0 Å². The summed E-state index contributed by atoms with van der Waals surface area (Å²) in [5, 5.41) is 9.32. The molecule has 3 fully saturated rings. The van der Waals surface area contributed by atoms with Crippen LogP contribution in [0.25, 0.3) is 0 Å². The number of hydrogen-bond donors (Lipinski definition) is 0. The Hall–Kier alpha value is -2.53. The van der Waals surface area contributed by atoms with Gasteiger partial charge in [0.15, 0.2) is 11.9 Å².